The van der Waals surface area contributed by atoms with Crippen molar-refractivity contribution in [2.75, 3.05) is 0 Å². The highest BCUT2D eigenvalue weighted by Gasteiger charge is 2.58. The number of nitrogens with zero attached hydrogens (tertiary/aromatic N) is 3. The van der Waals surface area contributed by atoms with Crippen molar-refractivity contribution in [3.05, 3.63) is 72.2 Å². The number of hydrazine groups is 1. The Bertz CT molecular complexity index is 1580. The molecule has 3 aromatic rings. The zero-order valence-corrected chi connectivity index (χ0v) is 22.3. The molecule has 4 bridgehead atoms. The number of aliphatic hydroxyl groups is 1. The molecule has 2 aromatic carbocycles. The molecule has 1 aromatic heterocycles. The van der Waals surface area contributed by atoms with Gasteiger partial charge in [-0.05, 0) is 80.2 Å². The number of piperidine rings is 2. The fraction of sp³-hybridized carbons (Fsp3) is 0.429. The van der Waals surface area contributed by atoms with E-state index in [2.05, 4.69) is 10.4 Å². The average Bonchev–Trinajstić information content (AvgIpc) is 3.49. The zero-order valence-electron chi connectivity index (χ0n) is 21.5. The summed E-state index contributed by atoms with van der Waals surface area (Å²) in [6.45, 7) is 0. The fourth-order valence-corrected chi connectivity index (χ4v) is 8.80. The lowest BCUT2D eigenvalue weighted by Gasteiger charge is -2.62. The monoisotopic (exact) mass is 569 g/mol. The third-order valence-electron chi connectivity index (χ3n) is 9.38. The molecule has 4 heterocycles. The summed E-state index contributed by atoms with van der Waals surface area (Å²) in [6, 6.07) is 7.91. The van der Waals surface area contributed by atoms with Crippen LogP contribution in [0.1, 0.15) is 50.1 Å². The van der Waals surface area contributed by atoms with E-state index in [1.807, 2.05) is 20.4 Å². The number of fused-ring (bicyclic) bond motifs is 3. The molecule has 0 spiro atoms. The molecule has 210 valence electrons. The van der Waals surface area contributed by atoms with Crippen LogP contribution in [0.15, 0.2) is 59.9 Å². The van der Waals surface area contributed by atoms with Gasteiger partial charge < -0.3 is 9.67 Å². The van der Waals surface area contributed by atoms with Crippen molar-refractivity contribution in [1.29, 1.82) is 0 Å². The number of halogens is 2. The van der Waals surface area contributed by atoms with Gasteiger partial charge in [-0.3, -0.25) is 5.43 Å². The largest absolute Gasteiger partial charge is 0.392 e. The Kier molecular flexibility index (Phi) is 5.81. The first-order valence-electron chi connectivity index (χ1n) is 13.5. The highest BCUT2D eigenvalue weighted by Crippen LogP contribution is 2.58. The van der Waals surface area contributed by atoms with E-state index in [-0.39, 0.29) is 34.3 Å². The normalized spacial score (nSPS) is 29.2. The van der Waals surface area contributed by atoms with Gasteiger partial charge in [-0.2, -0.15) is 0 Å². The van der Waals surface area contributed by atoms with E-state index in [0.29, 0.717) is 30.7 Å². The molecule has 3 N–H and O–H groups in total. The van der Waals surface area contributed by atoms with Crippen molar-refractivity contribution < 1.29 is 27.1 Å². The van der Waals surface area contributed by atoms with Gasteiger partial charge in [-0.25, -0.2) is 36.7 Å². The first kappa shape index (κ1) is 25.6. The molecule has 4 unspecified atom stereocenters. The predicted octanol–water partition coefficient (Wildman–Crippen LogP) is 3.72. The molecule has 4 fully saturated rings. The van der Waals surface area contributed by atoms with Gasteiger partial charge in [-0.15, -0.1) is 0 Å². The van der Waals surface area contributed by atoms with Crippen LogP contribution in [0.4, 0.5) is 13.6 Å². The molecule has 12 heteroatoms. The lowest BCUT2D eigenvalue weighted by Crippen LogP contribution is -2.69. The van der Waals surface area contributed by atoms with Gasteiger partial charge >= 0.3 is 6.03 Å². The Balaban J connectivity index is 1.07. The van der Waals surface area contributed by atoms with E-state index >= 15 is 0 Å². The van der Waals surface area contributed by atoms with Crippen LogP contribution in [0.25, 0.3) is 11.3 Å². The predicted molar refractivity (Wildman–Crippen MR) is 140 cm³/mol. The van der Waals surface area contributed by atoms with Crippen molar-refractivity contribution >= 4 is 16.1 Å². The number of urea groups is 1. The Labute approximate surface area is 230 Å². The number of imidazole rings is 1. The molecule has 3 aliphatic heterocycles. The second kappa shape index (κ2) is 9.08. The van der Waals surface area contributed by atoms with E-state index < -0.39 is 28.0 Å². The Morgan fingerprint density at radius 3 is 2.55 bits per heavy atom. The lowest BCUT2D eigenvalue weighted by molar-refractivity contribution is -0.166. The van der Waals surface area contributed by atoms with Gasteiger partial charge in [0.2, 0.25) is 0 Å². The van der Waals surface area contributed by atoms with Gasteiger partial charge in [0.25, 0.3) is 10.0 Å². The number of rotatable bonds is 6. The molecule has 2 amide bonds. The van der Waals surface area contributed by atoms with Crippen LogP contribution < -0.4 is 10.1 Å². The van der Waals surface area contributed by atoms with Gasteiger partial charge in [0.15, 0.2) is 0 Å². The van der Waals surface area contributed by atoms with Gasteiger partial charge in [-0.1, -0.05) is 12.1 Å². The topological polar surface area (TPSA) is 117 Å². The van der Waals surface area contributed by atoms with Crippen molar-refractivity contribution in [3.8, 4) is 11.3 Å². The maximum atomic E-state index is 15.0. The minimum Gasteiger partial charge on any atom is -0.392 e. The van der Waals surface area contributed by atoms with Crippen molar-refractivity contribution in [2.24, 2.45) is 11.3 Å². The minimum atomic E-state index is -4.17. The summed E-state index contributed by atoms with van der Waals surface area (Å²) in [5, 5.41) is 13.6. The Hall–Kier alpha value is -3.35. The first-order valence-corrected chi connectivity index (χ1v) is 15.0. The first-order chi connectivity index (χ1) is 19.1. The minimum absolute atomic E-state index is 0.0587. The summed E-state index contributed by atoms with van der Waals surface area (Å²) in [7, 11) is -4.17. The van der Waals surface area contributed by atoms with Crippen molar-refractivity contribution in [2.45, 2.75) is 67.6 Å². The maximum Gasteiger partial charge on any atom is 0.343 e. The summed E-state index contributed by atoms with van der Waals surface area (Å²) in [5.74, 6) is -0.486. The van der Waals surface area contributed by atoms with Gasteiger partial charge in [0.1, 0.15) is 11.6 Å². The molecule has 9 nitrogen and oxygen atoms in total. The lowest BCUT2D eigenvalue weighted by atomic mass is 9.53. The molecule has 8 rings (SSSR count). The second-order valence-corrected chi connectivity index (χ2v) is 13.4. The molecular formula is C28H29F2N5O4S. The van der Waals surface area contributed by atoms with Crippen LogP contribution in [0.5, 0.6) is 0 Å². The summed E-state index contributed by atoms with van der Waals surface area (Å²) < 4.78 is 57.4. The number of sulfonamides is 1. The van der Waals surface area contributed by atoms with Crippen LogP contribution in [-0.2, 0) is 10.0 Å². The number of aliphatic hydroxyl groups excluding tert-OH is 1. The zero-order chi connectivity index (χ0) is 27.8. The number of aromatic nitrogens is 2. The summed E-state index contributed by atoms with van der Waals surface area (Å²) in [6.07, 6.45) is 6.89. The third kappa shape index (κ3) is 4.03. The third-order valence-corrected chi connectivity index (χ3v) is 10.7. The molecule has 2 saturated carbocycles. The van der Waals surface area contributed by atoms with E-state index in [1.54, 1.807) is 18.6 Å². The second-order valence-electron chi connectivity index (χ2n) is 11.7. The number of hydrogen-bond acceptors (Lipinski definition) is 6. The summed E-state index contributed by atoms with van der Waals surface area (Å²) >= 11 is 0. The molecule has 40 heavy (non-hydrogen) atoms. The number of carbonyl (C=O) groups is 1. The molecule has 5 aliphatic rings. The molecule has 0 radical (unpaired) electrons. The summed E-state index contributed by atoms with van der Waals surface area (Å²) in [4.78, 5) is 16.8. The smallest absolute Gasteiger partial charge is 0.343 e. The standard InChI is InChI=1S/C28H29F2N5O4S/c29-17-4-6-20(7-5-17)40(38,39)33-27(37)32-35-18-8-16-9-19(35)13-28(11-16,12-18)25(36)10-23-26-21(2-1-3-22(26)30)24-14-31-15-34(23)24/h1-7,14-16,18-19,23,25,36H,8-13H2,(H2,32,33,37). The highest BCUT2D eigenvalue weighted by molar-refractivity contribution is 7.90. The highest BCUT2D eigenvalue weighted by atomic mass is 32.2. The molecular weight excluding hydrogens is 540 g/mol. The van der Waals surface area contributed by atoms with E-state index in [1.165, 1.54) is 6.07 Å². The van der Waals surface area contributed by atoms with Crippen LogP contribution in [0, 0.1) is 23.0 Å². The number of benzene rings is 2. The maximum absolute atomic E-state index is 15.0. The summed E-state index contributed by atoms with van der Waals surface area (Å²) in [5.41, 5.74) is 4.60. The van der Waals surface area contributed by atoms with Crippen LogP contribution in [0.3, 0.4) is 0 Å². The molecule has 2 aliphatic carbocycles. The molecule has 2 saturated heterocycles. The SMILES string of the molecule is O=C(NN1C2CC3CC1CC(C(O)CC1c4c(F)cccc4-c4cncn41)(C3)C2)NS(=O)(=O)c1ccc(F)cc1. The quantitative estimate of drug-likeness (QED) is 0.417. The van der Waals surface area contributed by atoms with Crippen LogP contribution >= 0.6 is 0 Å². The van der Waals surface area contributed by atoms with Gasteiger partial charge in [0, 0.05) is 23.2 Å². The number of hydrogen-bond donors (Lipinski definition) is 3. The Morgan fingerprint density at radius 2 is 1.82 bits per heavy atom. The van der Waals surface area contributed by atoms with E-state index in [9.17, 15) is 27.1 Å². The fourth-order valence-electron chi connectivity index (χ4n) is 7.90. The number of nitrogens with one attached hydrogen (secondary N) is 2. The number of amides is 2. The van der Waals surface area contributed by atoms with Crippen LogP contribution in [0.2, 0.25) is 0 Å². The van der Waals surface area contributed by atoms with Crippen molar-refractivity contribution in [3.63, 3.8) is 0 Å². The van der Waals surface area contributed by atoms with Crippen molar-refractivity contribution in [1.82, 2.24) is 24.7 Å². The van der Waals surface area contributed by atoms with E-state index in [4.69, 9.17) is 0 Å². The van der Waals surface area contributed by atoms with E-state index in [0.717, 1.165) is 54.8 Å². The molecule has 4 atom stereocenters. The van der Waals surface area contributed by atoms with Crippen LogP contribution in [-0.4, -0.2) is 52.3 Å². The number of carbonyl (C=O) groups excluding carboxylic acids is 1. The Morgan fingerprint density at radius 1 is 1.10 bits per heavy atom. The average molecular weight is 570 g/mol. The van der Waals surface area contributed by atoms with Gasteiger partial charge in [0.05, 0.1) is 35.3 Å².